The van der Waals surface area contributed by atoms with Crippen molar-refractivity contribution in [2.75, 3.05) is 11.5 Å². The van der Waals surface area contributed by atoms with Crippen molar-refractivity contribution in [2.45, 2.75) is 19.8 Å². The van der Waals surface area contributed by atoms with Crippen molar-refractivity contribution in [3.63, 3.8) is 0 Å². The van der Waals surface area contributed by atoms with E-state index in [-0.39, 0.29) is 0 Å². The van der Waals surface area contributed by atoms with Crippen molar-refractivity contribution in [3.8, 4) is 0 Å². The third-order valence-electron chi connectivity index (χ3n) is 3.01. The van der Waals surface area contributed by atoms with Crippen LogP contribution in [0, 0.1) is 17.8 Å². The Morgan fingerprint density at radius 3 is 2.00 bits per heavy atom. The summed E-state index contributed by atoms with van der Waals surface area (Å²) in [6, 6.07) is 0. The van der Waals surface area contributed by atoms with E-state index in [0.717, 1.165) is 18.8 Å². The Hall–Kier alpha value is -0.0500. The summed E-state index contributed by atoms with van der Waals surface area (Å²) in [5.41, 5.74) is 0. The number of hydrogen-bond acceptors (Lipinski definition) is 2. The number of sulfone groups is 1. The Morgan fingerprint density at radius 1 is 1.09 bits per heavy atom. The van der Waals surface area contributed by atoms with Crippen LogP contribution < -0.4 is 0 Å². The van der Waals surface area contributed by atoms with Crippen molar-refractivity contribution >= 4 is 9.84 Å². The minimum Gasteiger partial charge on any atom is -0.229 e. The van der Waals surface area contributed by atoms with Gasteiger partial charge in [0.05, 0.1) is 11.5 Å². The molecule has 1 heterocycles. The van der Waals surface area contributed by atoms with Crippen LogP contribution in [-0.2, 0) is 9.84 Å². The molecule has 2 nitrogen and oxygen atoms in total. The first-order valence-corrected chi connectivity index (χ1v) is 6.09. The molecule has 0 spiro atoms. The smallest absolute Gasteiger partial charge is 0.150 e. The molecule has 1 saturated heterocycles. The molecule has 0 aromatic carbocycles. The van der Waals surface area contributed by atoms with Gasteiger partial charge in [0.15, 0.2) is 9.84 Å². The molecule has 0 radical (unpaired) electrons. The van der Waals surface area contributed by atoms with Gasteiger partial charge in [-0.15, -0.1) is 0 Å². The van der Waals surface area contributed by atoms with E-state index in [4.69, 9.17) is 0 Å². The van der Waals surface area contributed by atoms with Gasteiger partial charge in [0, 0.05) is 0 Å². The molecule has 0 N–H and O–H groups in total. The lowest BCUT2D eigenvalue weighted by atomic mass is 10.0. The standard InChI is InChI=1S/C8H14O2S/c1-6-2-7-4-11(9,10)5-8(7)3-6/h6-8H,2-5H2,1H3/t6?,7-,8+. The Morgan fingerprint density at radius 2 is 1.55 bits per heavy atom. The molecule has 1 saturated carbocycles. The summed E-state index contributed by atoms with van der Waals surface area (Å²) < 4.78 is 22.3. The van der Waals surface area contributed by atoms with E-state index in [1.54, 1.807) is 0 Å². The van der Waals surface area contributed by atoms with Crippen LogP contribution in [-0.4, -0.2) is 19.9 Å². The van der Waals surface area contributed by atoms with Gasteiger partial charge < -0.3 is 0 Å². The third-order valence-corrected chi connectivity index (χ3v) is 4.88. The van der Waals surface area contributed by atoms with E-state index >= 15 is 0 Å². The molecule has 3 atom stereocenters. The molecule has 2 fully saturated rings. The quantitative estimate of drug-likeness (QED) is 0.550. The molecule has 64 valence electrons. The molecule has 11 heavy (non-hydrogen) atoms. The minimum atomic E-state index is -2.63. The number of hydrogen-bond donors (Lipinski definition) is 0. The largest absolute Gasteiger partial charge is 0.229 e. The summed E-state index contributed by atoms with van der Waals surface area (Å²) in [7, 11) is -2.63. The van der Waals surface area contributed by atoms with Crippen LogP contribution in [0.25, 0.3) is 0 Å². The van der Waals surface area contributed by atoms with Gasteiger partial charge in [-0.05, 0) is 30.6 Å². The van der Waals surface area contributed by atoms with Crippen LogP contribution in [0.4, 0.5) is 0 Å². The predicted octanol–water partition coefficient (Wildman–Crippen LogP) is 1.08. The average molecular weight is 174 g/mol. The molecular formula is C8H14O2S. The Labute approximate surface area is 67.9 Å². The van der Waals surface area contributed by atoms with E-state index in [9.17, 15) is 8.42 Å². The monoisotopic (exact) mass is 174 g/mol. The van der Waals surface area contributed by atoms with Crippen molar-refractivity contribution in [3.05, 3.63) is 0 Å². The molecule has 3 heteroatoms. The first-order chi connectivity index (χ1) is 5.07. The average Bonchev–Trinajstić information content (AvgIpc) is 2.17. The molecule has 1 aliphatic heterocycles. The van der Waals surface area contributed by atoms with Crippen molar-refractivity contribution in [2.24, 2.45) is 17.8 Å². The van der Waals surface area contributed by atoms with Gasteiger partial charge in [0.2, 0.25) is 0 Å². The van der Waals surface area contributed by atoms with Gasteiger partial charge in [0.1, 0.15) is 0 Å². The van der Waals surface area contributed by atoms with Crippen LogP contribution in [0.1, 0.15) is 19.8 Å². The van der Waals surface area contributed by atoms with Crippen LogP contribution in [0.2, 0.25) is 0 Å². The van der Waals surface area contributed by atoms with Crippen molar-refractivity contribution < 1.29 is 8.42 Å². The summed E-state index contributed by atoms with van der Waals surface area (Å²) in [5.74, 6) is 2.73. The Bertz CT molecular complexity index is 235. The minimum absolute atomic E-state index is 0.474. The topological polar surface area (TPSA) is 34.1 Å². The van der Waals surface area contributed by atoms with E-state index < -0.39 is 9.84 Å². The number of fused-ring (bicyclic) bond motifs is 1. The van der Waals surface area contributed by atoms with E-state index in [0.29, 0.717) is 23.3 Å². The second-order valence-corrected chi connectivity index (χ2v) is 6.33. The molecule has 0 bridgehead atoms. The zero-order valence-electron chi connectivity index (χ0n) is 6.79. The summed E-state index contributed by atoms with van der Waals surface area (Å²) in [6.45, 7) is 2.23. The predicted molar refractivity (Wildman–Crippen MR) is 44.0 cm³/mol. The van der Waals surface area contributed by atoms with Crippen LogP contribution in [0.3, 0.4) is 0 Å². The molecule has 0 aromatic heterocycles. The second-order valence-electron chi connectivity index (χ2n) is 4.17. The van der Waals surface area contributed by atoms with Gasteiger partial charge in [-0.1, -0.05) is 6.92 Å². The Kier molecular flexibility index (Phi) is 1.53. The molecule has 0 aromatic rings. The third kappa shape index (κ3) is 1.31. The SMILES string of the molecule is CC1C[C@@H]2CS(=O)(=O)C[C@@H]2C1. The highest BCUT2D eigenvalue weighted by Crippen LogP contribution is 2.42. The van der Waals surface area contributed by atoms with Crippen molar-refractivity contribution in [1.29, 1.82) is 0 Å². The first kappa shape index (κ1) is 7.59. The zero-order valence-corrected chi connectivity index (χ0v) is 7.60. The highest BCUT2D eigenvalue weighted by atomic mass is 32.2. The first-order valence-electron chi connectivity index (χ1n) is 4.27. The van der Waals surface area contributed by atoms with Gasteiger partial charge in [-0.2, -0.15) is 0 Å². The molecule has 1 unspecified atom stereocenters. The fourth-order valence-electron chi connectivity index (χ4n) is 2.64. The van der Waals surface area contributed by atoms with Gasteiger partial charge >= 0.3 is 0 Å². The normalized spacial score (nSPS) is 47.5. The van der Waals surface area contributed by atoms with Crippen LogP contribution in [0.5, 0.6) is 0 Å². The number of rotatable bonds is 0. The van der Waals surface area contributed by atoms with Gasteiger partial charge in [-0.25, -0.2) is 8.42 Å². The molecule has 1 aliphatic carbocycles. The molecule has 2 aliphatic rings. The van der Waals surface area contributed by atoms with Crippen molar-refractivity contribution in [1.82, 2.24) is 0 Å². The maximum atomic E-state index is 11.2. The zero-order chi connectivity index (χ0) is 8.06. The highest BCUT2D eigenvalue weighted by molar-refractivity contribution is 7.91. The van der Waals surface area contributed by atoms with E-state index in [1.165, 1.54) is 0 Å². The summed E-state index contributed by atoms with van der Waals surface area (Å²) in [6.07, 6.45) is 2.29. The lowest BCUT2D eigenvalue weighted by molar-refractivity contribution is 0.494. The lowest BCUT2D eigenvalue weighted by Crippen LogP contribution is -2.06. The Balaban J connectivity index is 2.16. The van der Waals surface area contributed by atoms with Gasteiger partial charge in [0.25, 0.3) is 0 Å². The fourth-order valence-corrected chi connectivity index (χ4v) is 4.90. The van der Waals surface area contributed by atoms with E-state index in [1.807, 2.05) is 0 Å². The second kappa shape index (κ2) is 2.22. The summed E-state index contributed by atoms with van der Waals surface area (Å²) >= 11 is 0. The summed E-state index contributed by atoms with van der Waals surface area (Å²) in [5, 5.41) is 0. The fraction of sp³-hybridized carbons (Fsp3) is 1.00. The molecular weight excluding hydrogens is 160 g/mol. The molecule has 0 amide bonds. The molecule has 2 rings (SSSR count). The lowest BCUT2D eigenvalue weighted by Gasteiger charge is -2.01. The maximum Gasteiger partial charge on any atom is 0.150 e. The van der Waals surface area contributed by atoms with Gasteiger partial charge in [-0.3, -0.25) is 0 Å². The van der Waals surface area contributed by atoms with Crippen LogP contribution in [0.15, 0.2) is 0 Å². The highest BCUT2D eigenvalue weighted by Gasteiger charge is 2.42. The van der Waals surface area contributed by atoms with E-state index in [2.05, 4.69) is 6.92 Å². The maximum absolute atomic E-state index is 11.2. The van der Waals surface area contributed by atoms with Crippen LogP contribution >= 0.6 is 0 Å². The summed E-state index contributed by atoms with van der Waals surface area (Å²) in [4.78, 5) is 0.